The van der Waals surface area contributed by atoms with Gasteiger partial charge in [-0.25, -0.2) is 17.7 Å². The molecule has 148 valence electrons. The van der Waals surface area contributed by atoms with Crippen LogP contribution in [0.5, 0.6) is 0 Å². The van der Waals surface area contributed by atoms with Crippen LogP contribution < -0.4 is 5.32 Å². The zero-order chi connectivity index (χ0) is 20.1. The van der Waals surface area contributed by atoms with Crippen molar-refractivity contribution >= 4 is 43.2 Å². The third-order valence-electron chi connectivity index (χ3n) is 4.30. The lowest BCUT2D eigenvalue weighted by Gasteiger charge is -2.12. The fraction of sp³-hybridized carbons (Fsp3) is 0.300. The molecule has 0 radical (unpaired) electrons. The maximum Gasteiger partial charge on any atom is 0.242 e. The molecule has 8 heteroatoms. The zero-order valence-electron chi connectivity index (χ0n) is 15.9. The van der Waals surface area contributed by atoms with Gasteiger partial charge in [0.05, 0.1) is 20.1 Å². The van der Waals surface area contributed by atoms with Crippen molar-refractivity contribution in [2.45, 2.75) is 30.6 Å². The van der Waals surface area contributed by atoms with Crippen LogP contribution in [0.4, 0.5) is 5.69 Å². The number of anilines is 1. The molecule has 1 amide bonds. The predicted molar refractivity (Wildman–Crippen MR) is 113 cm³/mol. The molecule has 0 spiro atoms. The molecule has 0 fully saturated rings. The Kier molecular flexibility index (Phi) is 6.43. The molecule has 0 aliphatic heterocycles. The first kappa shape index (κ1) is 20.4. The molecule has 3 aromatic rings. The van der Waals surface area contributed by atoms with Crippen LogP contribution in [0.15, 0.2) is 53.4 Å². The highest BCUT2D eigenvalue weighted by Crippen LogP contribution is 2.23. The van der Waals surface area contributed by atoms with Gasteiger partial charge in [-0.15, -0.1) is 11.3 Å². The number of nitrogens with one attached hydrogen (secondary N) is 1. The molecule has 1 heterocycles. The topological polar surface area (TPSA) is 79.4 Å². The summed E-state index contributed by atoms with van der Waals surface area (Å²) in [6.45, 7) is 0. The first-order valence-electron chi connectivity index (χ1n) is 9.03. The van der Waals surface area contributed by atoms with Crippen molar-refractivity contribution in [3.63, 3.8) is 0 Å². The summed E-state index contributed by atoms with van der Waals surface area (Å²) >= 11 is 1.70. The molecule has 0 saturated carbocycles. The number of sulfonamides is 1. The molecule has 3 rings (SSSR count). The van der Waals surface area contributed by atoms with Crippen LogP contribution in [0, 0.1) is 0 Å². The SMILES string of the molecule is CN(C)S(=O)(=O)c1ccc(NC(=O)CCCCc2nc3ccccc3s2)cc1. The Morgan fingerprint density at radius 3 is 2.46 bits per heavy atom. The number of hydrogen-bond donors (Lipinski definition) is 1. The first-order chi connectivity index (χ1) is 13.4. The van der Waals surface area contributed by atoms with Crippen LogP contribution in [0.1, 0.15) is 24.3 Å². The molecule has 28 heavy (non-hydrogen) atoms. The van der Waals surface area contributed by atoms with Gasteiger partial charge in [0, 0.05) is 26.2 Å². The lowest BCUT2D eigenvalue weighted by molar-refractivity contribution is -0.116. The third kappa shape index (κ3) is 4.95. The van der Waals surface area contributed by atoms with Crippen LogP contribution in [0.3, 0.4) is 0 Å². The van der Waals surface area contributed by atoms with E-state index in [-0.39, 0.29) is 10.8 Å². The highest BCUT2D eigenvalue weighted by Gasteiger charge is 2.16. The van der Waals surface area contributed by atoms with E-state index in [0.29, 0.717) is 12.1 Å². The zero-order valence-corrected chi connectivity index (χ0v) is 17.5. The smallest absolute Gasteiger partial charge is 0.242 e. The molecule has 0 atom stereocenters. The molecule has 0 bridgehead atoms. The van der Waals surface area contributed by atoms with E-state index in [0.717, 1.165) is 34.1 Å². The van der Waals surface area contributed by atoms with Crippen LogP contribution in [0.2, 0.25) is 0 Å². The molecule has 6 nitrogen and oxygen atoms in total. The first-order valence-corrected chi connectivity index (χ1v) is 11.3. The Morgan fingerprint density at radius 1 is 1.07 bits per heavy atom. The van der Waals surface area contributed by atoms with Crippen LogP contribution in [-0.4, -0.2) is 37.7 Å². The van der Waals surface area contributed by atoms with E-state index >= 15 is 0 Å². The molecule has 0 saturated heterocycles. The van der Waals surface area contributed by atoms with Crippen molar-refractivity contribution in [1.29, 1.82) is 0 Å². The maximum absolute atomic E-state index is 12.1. The van der Waals surface area contributed by atoms with Crippen molar-refractivity contribution < 1.29 is 13.2 Å². The summed E-state index contributed by atoms with van der Waals surface area (Å²) < 4.78 is 26.4. The second-order valence-electron chi connectivity index (χ2n) is 6.64. The van der Waals surface area contributed by atoms with Crippen LogP contribution >= 0.6 is 11.3 Å². The number of unbranched alkanes of at least 4 members (excludes halogenated alkanes) is 1. The van der Waals surface area contributed by atoms with Crippen molar-refractivity contribution in [3.05, 3.63) is 53.5 Å². The van der Waals surface area contributed by atoms with Gasteiger partial charge in [0.25, 0.3) is 0 Å². The molecular weight excluding hydrogens is 394 g/mol. The van der Waals surface area contributed by atoms with E-state index < -0.39 is 10.0 Å². The van der Waals surface area contributed by atoms with E-state index in [1.807, 2.05) is 18.2 Å². The van der Waals surface area contributed by atoms with Crippen molar-refractivity contribution in [2.75, 3.05) is 19.4 Å². The van der Waals surface area contributed by atoms with Crippen LogP contribution in [0.25, 0.3) is 10.2 Å². The lowest BCUT2D eigenvalue weighted by Crippen LogP contribution is -2.22. The molecule has 1 N–H and O–H groups in total. The normalized spacial score (nSPS) is 11.8. The Balaban J connectivity index is 1.45. The van der Waals surface area contributed by atoms with Gasteiger partial charge in [0.1, 0.15) is 0 Å². The summed E-state index contributed by atoms with van der Waals surface area (Å²) in [5, 5.41) is 3.91. The van der Waals surface area contributed by atoms with E-state index in [1.165, 1.54) is 30.9 Å². The second-order valence-corrected chi connectivity index (χ2v) is 9.91. The molecule has 0 unspecified atom stereocenters. The number of carbonyl (C=O) groups excluding carboxylic acids is 1. The van der Waals surface area contributed by atoms with Gasteiger partial charge >= 0.3 is 0 Å². The quantitative estimate of drug-likeness (QED) is 0.564. The number of fused-ring (bicyclic) bond motifs is 1. The van der Waals surface area contributed by atoms with Gasteiger partial charge in [-0.05, 0) is 55.7 Å². The number of hydrogen-bond acceptors (Lipinski definition) is 5. The average molecular weight is 418 g/mol. The van der Waals surface area contributed by atoms with Crippen molar-refractivity contribution in [1.82, 2.24) is 9.29 Å². The summed E-state index contributed by atoms with van der Waals surface area (Å²) in [7, 11) is -0.489. The van der Waals surface area contributed by atoms with Gasteiger partial charge in [-0.2, -0.15) is 0 Å². The van der Waals surface area contributed by atoms with Gasteiger partial charge in [-0.3, -0.25) is 4.79 Å². The summed E-state index contributed by atoms with van der Waals surface area (Å²) in [6, 6.07) is 14.3. The number of aryl methyl sites for hydroxylation is 1. The number of rotatable bonds is 8. The fourth-order valence-corrected chi connectivity index (χ4v) is 4.64. The number of para-hydroxylation sites is 1. The monoisotopic (exact) mass is 417 g/mol. The molecule has 0 aliphatic rings. The molecule has 0 aliphatic carbocycles. The van der Waals surface area contributed by atoms with E-state index in [2.05, 4.69) is 16.4 Å². The number of aromatic nitrogens is 1. The lowest BCUT2D eigenvalue weighted by atomic mass is 10.2. The van der Waals surface area contributed by atoms with E-state index in [9.17, 15) is 13.2 Å². The molecule has 1 aromatic heterocycles. The van der Waals surface area contributed by atoms with Gasteiger partial charge in [0.2, 0.25) is 15.9 Å². The van der Waals surface area contributed by atoms with Crippen LogP contribution in [-0.2, 0) is 21.2 Å². The van der Waals surface area contributed by atoms with E-state index in [4.69, 9.17) is 0 Å². The Bertz CT molecular complexity index is 1020. The Labute approximate surface area is 169 Å². The second kappa shape index (κ2) is 8.81. The number of nitrogens with zero attached hydrogens (tertiary/aromatic N) is 2. The molecule has 2 aromatic carbocycles. The summed E-state index contributed by atoms with van der Waals surface area (Å²) in [4.78, 5) is 16.9. The minimum Gasteiger partial charge on any atom is -0.326 e. The standard InChI is InChI=1S/C20H23N3O3S2/c1-23(2)28(25,26)16-13-11-15(12-14-16)21-19(24)9-5-6-10-20-22-17-7-3-4-8-18(17)27-20/h3-4,7-8,11-14H,5-6,9-10H2,1-2H3,(H,21,24). The number of carbonyl (C=O) groups is 1. The highest BCUT2D eigenvalue weighted by molar-refractivity contribution is 7.89. The van der Waals surface area contributed by atoms with Gasteiger partial charge in [0.15, 0.2) is 0 Å². The summed E-state index contributed by atoms with van der Waals surface area (Å²) in [5.41, 5.74) is 1.62. The van der Waals surface area contributed by atoms with E-state index in [1.54, 1.807) is 23.5 Å². The largest absolute Gasteiger partial charge is 0.326 e. The summed E-state index contributed by atoms with van der Waals surface area (Å²) in [6.07, 6.45) is 2.95. The number of thiazole rings is 1. The Hall–Kier alpha value is -2.29. The number of amides is 1. The minimum atomic E-state index is -3.46. The fourth-order valence-electron chi connectivity index (χ4n) is 2.73. The van der Waals surface area contributed by atoms with Gasteiger partial charge < -0.3 is 5.32 Å². The maximum atomic E-state index is 12.1. The van der Waals surface area contributed by atoms with Gasteiger partial charge in [-0.1, -0.05) is 12.1 Å². The van der Waals surface area contributed by atoms with Crippen molar-refractivity contribution in [3.8, 4) is 0 Å². The van der Waals surface area contributed by atoms with Crippen molar-refractivity contribution in [2.24, 2.45) is 0 Å². The minimum absolute atomic E-state index is 0.0764. The summed E-state index contributed by atoms with van der Waals surface area (Å²) in [5.74, 6) is -0.0764. The highest BCUT2D eigenvalue weighted by atomic mass is 32.2. The number of benzene rings is 2. The average Bonchev–Trinajstić information content (AvgIpc) is 3.08. The third-order valence-corrected chi connectivity index (χ3v) is 7.22. The predicted octanol–water partition coefficient (Wildman–Crippen LogP) is 3.90. The molecular formula is C20H23N3O3S2. The Morgan fingerprint density at radius 2 is 1.79 bits per heavy atom.